The molecule has 1 aliphatic rings. The van der Waals surface area contributed by atoms with Crippen LogP contribution < -0.4 is 10.5 Å². The van der Waals surface area contributed by atoms with E-state index < -0.39 is 10.0 Å². The number of hydrogen-bond donors (Lipinski definition) is 2. The number of nitrogens with two attached hydrogens (primary N) is 1. The third kappa shape index (κ3) is 2.87. The van der Waals surface area contributed by atoms with Gasteiger partial charge in [0.1, 0.15) is 0 Å². The molecule has 0 amide bonds. The minimum absolute atomic E-state index is 0.0382. The third-order valence-electron chi connectivity index (χ3n) is 3.05. The van der Waals surface area contributed by atoms with E-state index in [9.17, 15) is 8.42 Å². The number of thiazole rings is 1. The second kappa shape index (κ2) is 5.20. The number of aryl methyl sites for hydroxylation is 1. The van der Waals surface area contributed by atoms with E-state index in [0.717, 1.165) is 35.6 Å². The Labute approximate surface area is 116 Å². The number of nitrogens with one attached hydrogen (secondary N) is 1. The Morgan fingerprint density at radius 2 is 2.33 bits per heavy atom. The number of thiocarbonyl (C=S) groups is 1. The lowest BCUT2D eigenvalue weighted by atomic mass is 10.1. The first kappa shape index (κ1) is 13.9. The van der Waals surface area contributed by atoms with Crippen molar-refractivity contribution >= 4 is 38.6 Å². The summed E-state index contributed by atoms with van der Waals surface area (Å²) >= 11 is 6.14. The van der Waals surface area contributed by atoms with Gasteiger partial charge in [-0.1, -0.05) is 18.6 Å². The van der Waals surface area contributed by atoms with Crippen molar-refractivity contribution in [3.8, 4) is 0 Å². The smallest absolute Gasteiger partial charge is 0.251 e. The highest BCUT2D eigenvalue weighted by molar-refractivity contribution is 7.91. The first-order chi connectivity index (χ1) is 8.40. The number of aromatic nitrogens is 1. The molecule has 18 heavy (non-hydrogen) atoms. The molecule has 2 rings (SSSR count). The van der Waals surface area contributed by atoms with Gasteiger partial charge in [0.2, 0.25) is 0 Å². The topological polar surface area (TPSA) is 85.1 Å². The molecule has 0 bridgehead atoms. The fraction of sp³-hybridized carbons (Fsp3) is 0.600. The molecule has 1 fully saturated rings. The van der Waals surface area contributed by atoms with Crippen LogP contribution in [0.15, 0.2) is 10.4 Å². The first-order valence-electron chi connectivity index (χ1n) is 5.64. The molecule has 0 aromatic carbocycles. The maximum Gasteiger partial charge on any atom is 0.251 e. The average Bonchev–Trinajstić information content (AvgIpc) is 2.86. The minimum Gasteiger partial charge on any atom is -0.393 e. The Hall–Kier alpha value is -0.570. The lowest BCUT2D eigenvalue weighted by Gasteiger charge is -2.19. The van der Waals surface area contributed by atoms with Crippen LogP contribution in [0.25, 0.3) is 0 Å². The molecule has 3 N–H and O–H groups in total. The quantitative estimate of drug-likeness (QED) is 0.816. The van der Waals surface area contributed by atoms with Crippen LogP contribution in [0.2, 0.25) is 0 Å². The molecule has 1 aromatic rings. The highest BCUT2D eigenvalue weighted by Crippen LogP contribution is 2.28. The molecule has 1 heterocycles. The van der Waals surface area contributed by atoms with Crippen LogP contribution in [0, 0.1) is 12.8 Å². The fourth-order valence-corrected chi connectivity index (χ4v) is 4.88. The maximum absolute atomic E-state index is 12.1. The van der Waals surface area contributed by atoms with Crippen molar-refractivity contribution in [3.05, 3.63) is 11.2 Å². The highest BCUT2D eigenvalue weighted by atomic mass is 32.2. The Bertz CT molecular complexity index is 552. The van der Waals surface area contributed by atoms with E-state index in [4.69, 9.17) is 18.0 Å². The molecule has 1 saturated carbocycles. The predicted octanol–water partition coefficient (Wildman–Crippen LogP) is 1.18. The monoisotopic (exact) mass is 305 g/mol. The summed E-state index contributed by atoms with van der Waals surface area (Å²) in [7, 11) is -3.50. The van der Waals surface area contributed by atoms with Crippen LogP contribution >= 0.6 is 23.6 Å². The molecular formula is C10H15N3O2S3. The SMILES string of the molecule is Cc1ncc(S(=O)(=O)NC2CCCC2C(N)=S)s1. The van der Waals surface area contributed by atoms with Gasteiger partial charge >= 0.3 is 0 Å². The molecule has 1 aromatic heterocycles. The molecular weight excluding hydrogens is 290 g/mol. The van der Waals surface area contributed by atoms with Crippen LogP contribution in [-0.4, -0.2) is 24.4 Å². The van der Waals surface area contributed by atoms with E-state index in [0.29, 0.717) is 4.99 Å². The standard InChI is InChI=1S/C10H15N3O2S3/c1-6-12-5-9(17-6)18(14,15)13-8-4-2-3-7(8)10(11)16/h5,7-8,13H,2-4H2,1H3,(H2,11,16). The lowest BCUT2D eigenvalue weighted by molar-refractivity contribution is 0.526. The maximum atomic E-state index is 12.1. The molecule has 2 atom stereocenters. The van der Waals surface area contributed by atoms with Crippen LogP contribution in [0.1, 0.15) is 24.3 Å². The van der Waals surface area contributed by atoms with Crippen molar-refractivity contribution in [1.82, 2.24) is 9.71 Å². The molecule has 5 nitrogen and oxygen atoms in total. The number of sulfonamides is 1. The molecule has 0 radical (unpaired) electrons. The lowest BCUT2D eigenvalue weighted by Crippen LogP contribution is -2.41. The van der Waals surface area contributed by atoms with Gasteiger partial charge in [0, 0.05) is 12.0 Å². The van der Waals surface area contributed by atoms with E-state index in [1.54, 1.807) is 6.92 Å². The van der Waals surface area contributed by atoms with Gasteiger partial charge < -0.3 is 5.73 Å². The highest BCUT2D eigenvalue weighted by Gasteiger charge is 2.33. The van der Waals surface area contributed by atoms with Crippen LogP contribution in [0.5, 0.6) is 0 Å². The molecule has 0 spiro atoms. The van der Waals surface area contributed by atoms with Crippen molar-refractivity contribution in [3.63, 3.8) is 0 Å². The summed E-state index contributed by atoms with van der Waals surface area (Å²) < 4.78 is 27.2. The Morgan fingerprint density at radius 1 is 1.61 bits per heavy atom. The van der Waals surface area contributed by atoms with Gasteiger partial charge in [-0.25, -0.2) is 18.1 Å². The van der Waals surface area contributed by atoms with E-state index >= 15 is 0 Å². The van der Waals surface area contributed by atoms with Crippen molar-refractivity contribution < 1.29 is 8.42 Å². The van der Waals surface area contributed by atoms with Gasteiger partial charge in [0.05, 0.1) is 16.2 Å². The fourth-order valence-electron chi connectivity index (χ4n) is 2.17. The predicted molar refractivity (Wildman–Crippen MR) is 75.1 cm³/mol. The summed E-state index contributed by atoms with van der Waals surface area (Å²) in [4.78, 5) is 4.35. The van der Waals surface area contributed by atoms with Gasteiger partial charge in [-0.05, 0) is 19.8 Å². The summed E-state index contributed by atoms with van der Waals surface area (Å²) in [5, 5.41) is 0.729. The van der Waals surface area contributed by atoms with E-state index in [2.05, 4.69) is 9.71 Å². The average molecular weight is 305 g/mol. The number of hydrogen-bond acceptors (Lipinski definition) is 5. The molecule has 2 unspecified atom stereocenters. The van der Waals surface area contributed by atoms with Crippen molar-refractivity contribution in [2.24, 2.45) is 11.7 Å². The molecule has 0 saturated heterocycles. The second-order valence-electron chi connectivity index (χ2n) is 4.37. The summed E-state index contributed by atoms with van der Waals surface area (Å²) in [6.07, 6.45) is 3.95. The van der Waals surface area contributed by atoms with Crippen molar-refractivity contribution in [2.75, 3.05) is 0 Å². The van der Waals surface area contributed by atoms with E-state index in [1.807, 2.05) is 0 Å². The van der Waals surface area contributed by atoms with E-state index in [1.165, 1.54) is 6.20 Å². The summed E-state index contributed by atoms with van der Waals surface area (Å²) in [6.45, 7) is 1.77. The van der Waals surface area contributed by atoms with Gasteiger partial charge in [-0.2, -0.15) is 0 Å². The zero-order valence-electron chi connectivity index (χ0n) is 9.92. The van der Waals surface area contributed by atoms with E-state index in [-0.39, 0.29) is 16.2 Å². The third-order valence-corrected chi connectivity index (χ3v) is 6.22. The molecule has 1 aliphatic carbocycles. The van der Waals surface area contributed by atoms with Crippen molar-refractivity contribution in [1.29, 1.82) is 0 Å². The summed E-state index contributed by atoms with van der Waals surface area (Å²) in [6, 6.07) is -0.185. The molecule has 8 heteroatoms. The molecule has 0 aliphatic heterocycles. The summed E-state index contributed by atoms with van der Waals surface area (Å²) in [5.74, 6) is -0.0382. The Balaban J connectivity index is 2.16. The van der Waals surface area contributed by atoms with Crippen LogP contribution in [-0.2, 0) is 10.0 Å². The van der Waals surface area contributed by atoms with Gasteiger partial charge in [-0.15, -0.1) is 11.3 Å². The van der Waals surface area contributed by atoms with Crippen LogP contribution in [0.3, 0.4) is 0 Å². The van der Waals surface area contributed by atoms with Crippen LogP contribution in [0.4, 0.5) is 0 Å². The summed E-state index contributed by atoms with van der Waals surface area (Å²) in [5.41, 5.74) is 5.64. The second-order valence-corrected chi connectivity index (χ2v) is 8.01. The largest absolute Gasteiger partial charge is 0.393 e. The zero-order valence-corrected chi connectivity index (χ0v) is 12.4. The Kier molecular flexibility index (Phi) is 4.00. The number of rotatable bonds is 4. The normalized spacial score (nSPS) is 24.3. The first-order valence-corrected chi connectivity index (χ1v) is 8.35. The Morgan fingerprint density at radius 3 is 2.89 bits per heavy atom. The molecule has 100 valence electrons. The van der Waals surface area contributed by atoms with Gasteiger partial charge in [0.25, 0.3) is 10.0 Å². The van der Waals surface area contributed by atoms with Gasteiger partial charge in [0.15, 0.2) is 4.21 Å². The number of nitrogens with zero attached hydrogens (tertiary/aromatic N) is 1. The van der Waals surface area contributed by atoms with Crippen molar-refractivity contribution in [2.45, 2.75) is 36.4 Å². The van der Waals surface area contributed by atoms with Gasteiger partial charge in [-0.3, -0.25) is 0 Å². The zero-order chi connectivity index (χ0) is 13.3. The minimum atomic E-state index is -3.50.